The van der Waals surface area contributed by atoms with Gasteiger partial charge in [0.25, 0.3) is 0 Å². The van der Waals surface area contributed by atoms with Crippen LogP contribution in [0.2, 0.25) is 0 Å². The molecule has 0 fully saturated rings. The molecule has 30 valence electrons. The molecule has 0 aliphatic carbocycles. The number of carbonyl (C=O) groups excluding carboxylic acids is 1. The molecular formula is CH5NO2Si. The van der Waals surface area contributed by atoms with Crippen molar-refractivity contribution in [1.82, 2.24) is 0 Å². The fourth-order valence-electron chi connectivity index (χ4n) is 0. The van der Waals surface area contributed by atoms with Crippen molar-refractivity contribution in [1.29, 1.82) is 5.41 Å². The molecule has 0 rings (SSSR count). The number of isocyanates is 1. The standard InChI is InChI=1S/CHNO.H4OSi/c2-1-3;1-2/h2H;1H,2H3. The van der Waals surface area contributed by atoms with Gasteiger partial charge in [0.2, 0.25) is 6.08 Å². The fraction of sp³-hybridized carbons (Fsp3) is 0. The van der Waals surface area contributed by atoms with E-state index < -0.39 is 0 Å². The molecule has 0 aliphatic heterocycles. The Bertz CT molecular complexity index is 30.6. The third-order valence-corrected chi connectivity index (χ3v) is 0. The van der Waals surface area contributed by atoms with Gasteiger partial charge in [0.15, 0.2) is 0 Å². The van der Waals surface area contributed by atoms with Gasteiger partial charge in [0, 0.05) is 0 Å². The molecule has 0 radical (unpaired) electrons. The van der Waals surface area contributed by atoms with E-state index in [1.54, 1.807) is 0 Å². The second-order valence-electron chi connectivity index (χ2n) is 0.102. The Labute approximate surface area is 32.7 Å². The van der Waals surface area contributed by atoms with Crippen LogP contribution in [-0.4, -0.2) is 21.4 Å². The van der Waals surface area contributed by atoms with Crippen LogP contribution in [0.1, 0.15) is 0 Å². The second-order valence-corrected chi connectivity index (χ2v) is 0.102. The molecule has 3 nitrogen and oxygen atoms in total. The molecule has 4 heteroatoms. The van der Waals surface area contributed by atoms with Crippen LogP contribution in [0, 0.1) is 5.41 Å². The zero-order valence-electron chi connectivity index (χ0n) is 2.86. The van der Waals surface area contributed by atoms with Gasteiger partial charge in [-0.25, -0.2) is 10.2 Å². The number of nitrogens with one attached hydrogen (secondary N) is 1. The lowest BCUT2D eigenvalue weighted by atomic mass is 11.7. The van der Waals surface area contributed by atoms with Crippen molar-refractivity contribution in [2.24, 2.45) is 0 Å². The van der Waals surface area contributed by atoms with E-state index in [4.69, 9.17) is 15.0 Å². The molecule has 0 atom stereocenters. The van der Waals surface area contributed by atoms with Crippen molar-refractivity contribution < 1.29 is 9.59 Å². The first-order chi connectivity index (χ1) is 2.41. The van der Waals surface area contributed by atoms with Crippen molar-refractivity contribution in [3.05, 3.63) is 0 Å². The van der Waals surface area contributed by atoms with Crippen LogP contribution in [0.15, 0.2) is 0 Å². The Morgan fingerprint density at radius 2 is 1.80 bits per heavy atom. The van der Waals surface area contributed by atoms with E-state index in [0.29, 0.717) is 10.5 Å². The first kappa shape index (κ1) is 8.82. The van der Waals surface area contributed by atoms with Crippen molar-refractivity contribution in [2.45, 2.75) is 0 Å². The van der Waals surface area contributed by atoms with E-state index in [1.165, 1.54) is 0 Å². The maximum absolute atomic E-state index is 8.35. The van der Waals surface area contributed by atoms with E-state index in [9.17, 15) is 0 Å². The average Bonchev–Trinajstić information content (AvgIpc) is 1.46. The van der Waals surface area contributed by atoms with Gasteiger partial charge in [-0.3, -0.25) is 0 Å². The topological polar surface area (TPSA) is 61.2 Å². The summed E-state index contributed by atoms with van der Waals surface area (Å²) in [5, 5.41) is 5.40. The molecule has 0 aromatic rings. The van der Waals surface area contributed by atoms with Gasteiger partial charge in [-0.15, -0.1) is 0 Å². The summed E-state index contributed by atoms with van der Waals surface area (Å²) in [5.74, 6) is 0. The first-order valence-electron chi connectivity index (χ1n) is 0.901. The summed E-state index contributed by atoms with van der Waals surface area (Å²) < 4.78 is 0. The van der Waals surface area contributed by atoms with Crippen LogP contribution in [0.5, 0.6) is 0 Å². The molecule has 5 heavy (non-hydrogen) atoms. The van der Waals surface area contributed by atoms with Crippen LogP contribution in [-0.2, 0) is 4.79 Å². The molecule has 0 spiro atoms. The molecule has 0 aromatic heterocycles. The molecule has 0 saturated heterocycles. The van der Waals surface area contributed by atoms with Gasteiger partial charge >= 0.3 is 0 Å². The zero-order chi connectivity index (χ0) is 4.71. The maximum atomic E-state index is 8.35. The fourth-order valence-corrected chi connectivity index (χ4v) is 0. The lowest BCUT2D eigenvalue weighted by Crippen LogP contribution is -1.34. The minimum absolute atomic E-state index is 0.306. The van der Waals surface area contributed by atoms with E-state index >= 15 is 0 Å². The Kier molecular flexibility index (Phi) is 132. The third kappa shape index (κ3) is 43.9. The smallest absolute Gasteiger partial charge is 0.231 e. The molecule has 0 saturated carbocycles. The number of hydrogen-bond donors (Lipinski definition) is 2. The summed E-state index contributed by atoms with van der Waals surface area (Å²) in [4.78, 5) is 15.5. The minimum Gasteiger partial charge on any atom is -0.442 e. The van der Waals surface area contributed by atoms with Gasteiger partial charge in [-0.2, -0.15) is 0 Å². The van der Waals surface area contributed by atoms with Crippen LogP contribution in [0.25, 0.3) is 0 Å². The van der Waals surface area contributed by atoms with E-state index in [1.807, 2.05) is 0 Å². The number of rotatable bonds is 0. The maximum Gasteiger partial charge on any atom is 0.231 e. The molecule has 0 amide bonds. The Morgan fingerprint density at radius 1 is 1.80 bits per heavy atom. The Balaban J connectivity index is 0. The first-order valence-corrected chi connectivity index (χ1v) is 1.80. The monoisotopic (exact) mass is 91.0 g/mol. The van der Waals surface area contributed by atoms with Gasteiger partial charge in [-0.1, -0.05) is 0 Å². The highest BCUT2D eigenvalue weighted by Crippen LogP contribution is 0.868. The van der Waals surface area contributed by atoms with Crippen molar-refractivity contribution in [3.63, 3.8) is 0 Å². The zero-order valence-corrected chi connectivity index (χ0v) is 4.86. The summed E-state index contributed by atoms with van der Waals surface area (Å²) >= 11 is 0. The lowest BCUT2D eigenvalue weighted by molar-refractivity contribution is 0.563. The number of hydrogen-bond acceptors (Lipinski definition) is 3. The van der Waals surface area contributed by atoms with Crippen LogP contribution in [0.3, 0.4) is 0 Å². The van der Waals surface area contributed by atoms with E-state index in [0.717, 1.165) is 6.08 Å². The molecule has 0 heterocycles. The normalized spacial score (nSPS) is 3.40. The molecule has 0 unspecified atom stereocenters. The van der Waals surface area contributed by atoms with Crippen molar-refractivity contribution in [3.8, 4) is 0 Å². The van der Waals surface area contributed by atoms with Crippen LogP contribution in [0.4, 0.5) is 0 Å². The minimum atomic E-state index is 0.306. The van der Waals surface area contributed by atoms with Gasteiger partial charge in [-0.05, 0) is 0 Å². The van der Waals surface area contributed by atoms with Gasteiger partial charge < -0.3 is 4.80 Å². The summed E-state index contributed by atoms with van der Waals surface area (Å²) in [6, 6.07) is 0. The SMILES string of the molecule is N=C=O.O[SiH3]. The quantitative estimate of drug-likeness (QED) is 0.209. The largest absolute Gasteiger partial charge is 0.442 e. The Hall–Kier alpha value is -0.443. The molecule has 0 aromatic carbocycles. The van der Waals surface area contributed by atoms with Crippen LogP contribution < -0.4 is 0 Å². The average molecular weight is 91.1 g/mol. The van der Waals surface area contributed by atoms with Crippen LogP contribution >= 0.6 is 0 Å². The predicted octanol–water partition coefficient (Wildman–Crippen LogP) is -1.84. The molecule has 0 aliphatic rings. The lowest BCUT2D eigenvalue weighted by Gasteiger charge is -1.19. The summed E-state index contributed by atoms with van der Waals surface area (Å²) in [5.41, 5.74) is 0. The Morgan fingerprint density at radius 3 is 1.80 bits per heavy atom. The molecule has 0 bridgehead atoms. The third-order valence-electron chi connectivity index (χ3n) is 0. The summed E-state index contributed by atoms with van der Waals surface area (Å²) in [6.07, 6.45) is 0.750. The van der Waals surface area contributed by atoms with Gasteiger partial charge in [0.1, 0.15) is 10.5 Å². The predicted molar refractivity (Wildman–Crippen MR) is 20.6 cm³/mol. The highest BCUT2D eigenvalue weighted by Gasteiger charge is 1.03. The van der Waals surface area contributed by atoms with E-state index in [-0.39, 0.29) is 0 Å². The molecular weight excluding hydrogens is 86.1 g/mol. The molecule has 2 N–H and O–H groups in total. The van der Waals surface area contributed by atoms with Gasteiger partial charge in [0.05, 0.1) is 0 Å². The summed E-state index contributed by atoms with van der Waals surface area (Å²) in [6.45, 7) is 0. The second kappa shape index (κ2) is 75.0. The van der Waals surface area contributed by atoms with Crippen molar-refractivity contribution in [2.75, 3.05) is 0 Å². The summed E-state index contributed by atoms with van der Waals surface area (Å²) in [7, 11) is 0.306. The highest BCUT2D eigenvalue weighted by atomic mass is 28.2. The van der Waals surface area contributed by atoms with E-state index in [2.05, 4.69) is 0 Å². The van der Waals surface area contributed by atoms with Crippen molar-refractivity contribution >= 4 is 16.6 Å². The highest BCUT2D eigenvalue weighted by molar-refractivity contribution is 5.95.